The summed E-state index contributed by atoms with van der Waals surface area (Å²) in [6, 6.07) is 8.65. The van der Waals surface area contributed by atoms with Gasteiger partial charge in [0.2, 0.25) is 0 Å². The minimum absolute atomic E-state index is 0.102. The Hall–Kier alpha value is -1.50. The molecule has 2 aromatic rings. The van der Waals surface area contributed by atoms with E-state index in [1.54, 1.807) is 9.25 Å². The van der Waals surface area contributed by atoms with Gasteiger partial charge in [0.1, 0.15) is 6.61 Å². The first kappa shape index (κ1) is 15.9. The van der Waals surface area contributed by atoms with Gasteiger partial charge in [-0.2, -0.15) is 5.10 Å². The molecule has 0 spiro atoms. The van der Waals surface area contributed by atoms with E-state index in [9.17, 15) is 5.11 Å². The molecule has 6 heteroatoms. The lowest BCUT2D eigenvalue weighted by Gasteiger charge is -2.16. The van der Waals surface area contributed by atoms with Gasteiger partial charge in [-0.15, -0.1) is 0 Å². The summed E-state index contributed by atoms with van der Waals surface area (Å²) in [6.45, 7) is 3.48. The molecule has 0 saturated heterocycles. The summed E-state index contributed by atoms with van der Waals surface area (Å²) >= 11 is 5.32. The van der Waals surface area contributed by atoms with Crippen LogP contribution in [0, 0.1) is 4.77 Å². The van der Waals surface area contributed by atoms with Gasteiger partial charge in [-0.1, -0.05) is 31.2 Å². The Labute approximate surface area is 130 Å². The van der Waals surface area contributed by atoms with E-state index >= 15 is 0 Å². The molecule has 1 aromatic carbocycles. The molecule has 0 bridgehead atoms. The van der Waals surface area contributed by atoms with Crippen molar-refractivity contribution in [3.8, 4) is 0 Å². The van der Waals surface area contributed by atoms with Crippen molar-refractivity contribution in [3.05, 3.63) is 46.0 Å². The van der Waals surface area contributed by atoms with Gasteiger partial charge in [0, 0.05) is 13.6 Å². The molecular weight excluding hydrogens is 284 g/mol. The predicted octanol–water partition coefficient (Wildman–Crippen LogP) is 2.10. The van der Waals surface area contributed by atoms with Gasteiger partial charge in [0.15, 0.2) is 10.6 Å². The maximum atomic E-state index is 9.22. The molecule has 0 radical (unpaired) electrons. The van der Waals surface area contributed by atoms with Crippen LogP contribution in [0.1, 0.15) is 23.9 Å². The maximum Gasteiger partial charge on any atom is 0.198 e. The van der Waals surface area contributed by atoms with Crippen molar-refractivity contribution in [3.63, 3.8) is 0 Å². The van der Waals surface area contributed by atoms with Gasteiger partial charge in [0.25, 0.3) is 0 Å². The van der Waals surface area contributed by atoms with Crippen LogP contribution in [0.2, 0.25) is 0 Å². The Morgan fingerprint density at radius 1 is 1.24 bits per heavy atom. The first-order valence-corrected chi connectivity index (χ1v) is 7.46. The predicted molar refractivity (Wildman–Crippen MR) is 85.2 cm³/mol. The zero-order valence-electron chi connectivity index (χ0n) is 12.8. The number of aromatic nitrogens is 3. The average molecular weight is 306 g/mol. The second-order valence-corrected chi connectivity index (χ2v) is 5.61. The standard InChI is InChI=1S/C15H22N4OS/c1-4-12-5-7-13(8-6-12)9-17(2)11-19-15(21)18(3)14(10-20)16-19/h5-8,20H,4,9-11H2,1-3H3. The molecule has 0 saturated carbocycles. The molecule has 1 N–H and O–H groups in total. The van der Waals surface area contributed by atoms with Crippen molar-refractivity contribution in [2.75, 3.05) is 7.05 Å². The number of aliphatic hydroxyl groups excluding tert-OH is 1. The largest absolute Gasteiger partial charge is 0.388 e. The van der Waals surface area contributed by atoms with Crippen LogP contribution in [0.4, 0.5) is 0 Å². The minimum Gasteiger partial charge on any atom is -0.388 e. The fraction of sp³-hybridized carbons (Fsp3) is 0.467. The third-order valence-corrected chi connectivity index (χ3v) is 4.02. The highest BCUT2D eigenvalue weighted by molar-refractivity contribution is 7.71. The van der Waals surface area contributed by atoms with Gasteiger partial charge < -0.3 is 9.67 Å². The zero-order valence-corrected chi connectivity index (χ0v) is 13.6. The summed E-state index contributed by atoms with van der Waals surface area (Å²) in [5.41, 5.74) is 2.61. The highest BCUT2D eigenvalue weighted by Gasteiger charge is 2.08. The summed E-state index contributed by atoms with van der Waals surface area (Å²) in [7, 11) is 3.85. The van der Waals surface area contributed by atoms with E-state index in [0.29, 0.717) is 17.3 Å². The van der Waals surface area contributed by atoms with Crippen molar-refractivity contribution in [1.29, 1.82) is 0 Å². The molecule has 1 aromatic heterocycles. The van der Waals surface area contributed by atoms with Crippen LogP contribution in [0.15, 0.2) is 24.3 Å². The Balaban J connectivity index is 2.04. The van der Waals surface area contributed by atoms with Crippen LogP contribution in [0.3, 0.4) is 0 Å². The molecule has 1 heterocycles. The van der Waals surface area contributed by atoms with Crippen molar-refractivity contribution >= 4 is 12.2 Å². The monoisotopic (exact) mass is 306 g/mol. The van der Waals surface area contributed by atoms with E-state index in [1.165, 1.54) is 11.1 Å². The topological polar surface area (TPSA) is 46.2 Å². The average Bonchev–Trinajstić information content (AvgIpc) is 2.76. The first-order valence-electron chi connectivity index (χ1n) is 7.05. The zero-order chi connectivity index (χ0) is 15.4. The lowest BCUT2D eigenvalue weighted by molar-refractivity contribution is 0.238. The maximum absolute atomic E-state index is 9.22. The summed E-state index contributed by atoms with van der Waals surface area (Å²) in [5.74, 6) is 0.584. The molecule has 2 rings (SSSR count). The normalized spacial score (nSPS) is 11.3. The van der Waals surface area contributed by atoms with Crippen LogP contribution in [-0.2, 0) is 33.3 Å². The van der Waals surface area contributed by atoms with Crippen LogP contribution in [0.25, 0.3) is 0 Å². The van der Waals surface area contributed by atoms with Gasteiger partial charge >= 0.3 is 0 Å². The summed E-state index contributed by atoms with van der Waals surface area (Å²) in [6.07, 6.45) is 1.06. The molecule has 0 aliphatic heterocycles. The number of aryl methyl sites for hydroxylation is 1. The highest BCUT2D eigenvalue weighted by atomic mass is 32.1. The van der Waals surface area contributed by atoms with Crippen LogP contribution in [-0.4, -0.2) is 31.4 Å². The van der Waals surface area contributed by atoms with E-state index in [4.69, 9.17) is 12.2 Å². The summed E-state index contributed by atoms with van der Waals surface area (Å²) in [4.78, 5) is 2.14. The first-order chi connectivity index (χ1) is 10.0. The second-order valence-electron chi connectivity index (χ2n) is 5.24. The Bertz CT molecular complexity index is 645. The third-order valence-electron chi connectivity index (χ3n) is 3.53. The van der Waals surface area contributed by atoms with E-state index in [2.05, 4.69) is 41.2 Å². The Kier molecular flexibility index (Phi) is 5.27. The number of benzene rings is 1. The van der Waals surface area contributed by atoms with Crippen molar-refractivity contribution in [2.45, 2.75) is 33.2 Å². The van der Waals surface area contributed by atoms with Crippen LogP contribution in [0.5, 0.6) is 0 Å². The molecule has 0 fully saturated rings. The Morgan fingerprint density at radius 3 is 2.38 bits per heavy atom. The van der Waals surface area contributed by atoms with Crippen LogP contribution < -0.4 is 0 Å². The fourth-order valence-electron chi connectivity index (χ4n) is 2.23. The Morgan fingerprint density at radius 2 is 1.86 bits per heavy atom. The number of hydrogen-bond donors (Lipinski definition) is 1. The van der Waals surface area contributed by atoms with E-state index in [1.807, 2.05) is 14.1 Å². The number of nitrogens with zero attached hydrogens (tertiary/aromatic N) is 4. The summed E-state index contributed by atoms with van der Waals surface area (Å²) < 4.78 is 4.09. The van der Waals surface area contributed by atoms with Gasteiger partial charge in [-0.3, -0.25) is 4.90 Å². The third kappa shape index (κ3) is 3.78. The molecule has 0 aliphatic rings. The summed E-state index contributed by atoms with van der Waals surface area (Å²) in [5, 5.41) is 13.5. The van der Waals surface area contributed by atoms with E-state index in [0.717, 1.165) is 13.0 Å². The van der Waals surface area contributed by atoms with Gasteiger partial charge in [0.05, 0.1) is 6.67 Å². The number of aliphatic hydroxyl groups is 1. The molecular formula is C15H22N4OS. The van der Waals surface area contributed by atoms with Gasteiger partial charge in [-0.05, 0) is 36.8 Å². The van der Waals surface area contributed by atoms with Crippen molar-refractivity contribution in [1.82, 2.24) is 19.2 Å². The molecule has 0 atom stereocenters. The lowest BCUT2D eigenvalue weighted by atomic mass is 10.1. The second kappa shape index (κ2) is 6.98. The highest BCUT2D eigenvalue weighted by Crippen LogP contribution is 2.08. The number of rotatable bonds is 6. The molecule has 0 aliphatic carbocycles. The smallest absolute Gasteiger partial charge is 0.198 e. The molecule has 21 heavy (non-hydrogen) atoms. The fourth-order valence-corrected chi connectivity index (χ4v) is 2.44. The minimum atomic E-state index is -0.102. The van der Waals surface area contributed by atoms with Gasteiger partial charge in [-0.25, -0.2) is 4.68 Å². The molecule has 0 amide bonds. The van der Waals surface area contributed by atoms with E-state index in [-0.39, 0.29) is 6.61 Å². The SMILES string of the molecule is CCc1ccc(CN(C)Cn2nc(CO)n(C)c2=S)cc1. The molecule has 0 unspecified atom stereocenters. The quantitative estimate of drug-likeness (QED) is 0.830. The van der Waals surface area contributed by atoms with Crippen LogP contribution >= 0.6 is 12.2 Å². The van der Waals surface area contributed by atoms with E-state index < -0.39 is 0 Å². The molecule has 5 nitrogen and oxygen atoms in total. The lowest BCUT2D eigenvalue weighted by Crippen LogP contribution is -2.22. The van der Waals surface area contributed by atoms with Crippen molar-refractivity contribution in [2.24, 2.45) is 7.05 Å². The molecule has 114 valence electrons. The number of hydrogen-bond acceptors (Lipinski definition) is 4. The van der Waals surface area contributed by atoms with Crippen molar-refractivity contribution < 1.29 is 5.11 Å².